The van der Waals surface area contributed by atoms with Gasteiger partial charge in [-0.3, -0.25) is 4.57 Å². The topological polar surface area (TPSA) is 113 Å². The van der Waals surface area contributed by atoms with Gasteiger partial charge in [-0.1, -0.05) is 6.58 Å². The molecule has 0 saturated carbocycles. The predicted octanol–water partition coefficient (Wildman–Crippen LogP) is 0.227. The molecule has 0 aliphatic carbocycles. The van der Waals surface area contributed by atoms with Crippen LogP contribution in [0.25, 0.3) is 0 Å². The number of carbonyl (C=O) groups is 1. The summed E-state index contributed by atoms with van der Waals surface area (Å²) >= 11 is 0. The van der Waals surface area contributed by atoms with Crippen molar-refractivity contribution < 1.29 is 33.7 Å². The Balaban J connectivity index is 3.76. The molecule has 2 unspecified atom stereocenters. The molecule has 0 aromatic rings. The van der Waals surface area contributed by atoms with Crippen molar-refractivity contribution in [3.8, 4) is 0 Å². The fourth-order valence-electron chi connectivity index (χ4n) is 0.726. The molecular weight excluding hydrogens is 251 g/mol. The first-order valence-electron chi connectivity index (χ1n) is 4.88. The van der Waals surface area contributed by atoms with E-state index in [0.717, 1.165) is 0 Å². The van der Waals surface area contributed by atoms with Gasteiger partial charge in [0.15, 0.2) is 0 Å². The smallest absolute Gasteiger partial charge is 0.333 e. The first-order chi connectivity index (χ1) is 7.74. The summed E-state index contributed by atoms with van der Waals surface area (Å²) in [5, 5.41) is 17.3. The maximum atomic E-state index is 11.3. The maximum absolute atomic E-state index is 11.3. The van der Waals surface area contributed by atoms with E-state index in [1.54, 1.807) is 0 Å². The lowest BCUT2D eigenvalue weighted by Gasteiger charge is -2.13. The van der Waals surface area contributed by atoms with Crippen molar-refractivity contribution >= 4 is 13.6 Å². The third kappa shape index (κ3) is 9.02. The summed E-state index contributed by atoms with van der Waals surface area (Å²) in [5.41, 5.74) is -0.136. The van der Waals surface area contributed by atoms with Crippen molar-refractivity contribution in [2.24, 2.45) is 0 Å². The number of carboxylic acids is 1. The molecule has 0 bridgehead atoms. The minimum Gasteiger partial charge on any atom is -0.478 e. The lowest BCUT2D eigenvalue weighted by Crippen LogP contribution is -2.13. The second kappa shape index (κ2) is 7.58. The molecule has 0 spiro atoms. The highest BCUT2D eigenvalue weighted by Gasteiger charge is 2.20. The summed E-state index contributed by atoms with van der Waals surface area (Å²) < 4.78 is 20.7. The van der Waals surface area contributed by atoms with Gasteiger partial charge in [-0.2, -0.15) is 0 Å². The quantitative estimate of drug-likeness (QED) is 0.311. The van der Waals surface area contributed by atoms with E-state index in [1.165, 1.54) is 6.92 Å². The summed E-state index contributed by atoms with van der Waals surface area (Å²) in [6, 6.07) is 0. The highest BCUT2D eigenvalue weighted by atomic mass is 31.2. The van der Waals surface area contributed by atoms with Crippen LogP contribution in [0.4, 0.5) is 0 Å². The largest absolute Gasteiger partial charge is 0.478 e. The lowest BCUT2D eigenvalue weighted by atomic mass is 10.3. The monoisotopic (exact) mass is 268 g/mol. The van der Waals surface area contributed by atoms with Crippen molar-refractivity contribution in [1.29, 1.82) is 0 Å². The summed E-state index contributed by atoms with van der Waals surface area (Å²) in [6.45, 7) is 4.07. The average Bonchev–Trinajstić information content (AvgIpc) is 2.21. The van der Waals surface area contributed by atoms with Crippen molar-refractivity contribution in [2.75, 3.05) is 26.0 Å². The van der Waals surface area contributed by atoms with Crippen molar-refractivity contribution in [3.05, 3.63) is 12.2 Å². The van der Waals surface area contributed by atoms with Crippen LogP contribution in [-0.4, -0.2) is 53.2 Å². The third-order valence-electron chi connectivity index (χ3n) is 1.61. The van der Waals surface area contributed by atoms with Crippen LogP contribution >= 0.6 is 7.60 Å². The Hall–Kier alpha value is -0.720. The summed E-state index contributed by atoms with van der Waals surface area (Å²) in [6.07, 6.45) is -1.10. The Bertz CT molecular complexity index is 312. The molecule has 0 saturated heterocycles. The first kappa shape index (κ1) is 16.3. The van der Waals surface area contributed by atoms with Gasteiger partial charge < -0.3 is 24.4 Å². The molecule has 7 nitrogen and oxygen atoms in total. The fourth-order valence-corrected chi connectivity index (χ4v) is 1.66. The van der Waals surface area contributed by atoms with E-state index in [1.807, 2.05) is 0 Å². The van der Waals surface area contributed by atoms with Gasteiger partial charge >= 0.3 is 13.6 Å². The highest BCUT2D eigenvalue weighted by Crippen LogP contribution is 2.41. The molecule has 0 aliphatic rings. The molecule has 0 radical (unpaired) electrons. The van der Waals surface area contributed by atoms with E-state index in [2.05, 4.69) is 11.1 Å². The van der Waals surface area contributed by atoms with Gasteiger partial charge in [0, 0.05) is 0 Å². The zero-order chi connectivity index (χ0) is 13.5. The van der Waals surface area contributed by atoms with Crippen molar-refractivity contribution in [3.63, 3.8) is 0 Å². The van der Waals surface area contributed by atoms with E-state index in [0.29, 0.717) is 0 Å². The Kier molecular flexibility index (Phi) is 7.26. The van der Waals surface area contributed by atoms with E-state index < -0.39 is 19.7 Å². The van der Waals surface area contributed by atoms with Crippen LogP contribution in [0, 0.1) is 0 Å². The second-order valence-corrected chi connectivity index (χ2v) is 5.45. The number of rotatable bonds is 9. The molecule has 0 fully saturated rings. The normalized spacial score (nSPS) is 16.2. The van der Waals surface area contributed by atoms with Crippen LogP contribution in [0.2, 0.25) is 0 Å². The number of ether oxygens (including phenoxy) is 1. The van der Waals surface area contributed by atoms with Gasteiger partial charge in [0.25, 0.3) is 0 Å². The Morgan fingerprint density at radius 1 is 1.53 bits per heavy atom. The van der Waals surface area contributed by atoms with E-state index in [9.17, 15) is 14.3 Å². The van der Waals surface area contributed by atoms with Crippen molar-refractivity contribution in [2.45, 2.75) is 13.0 Å². The number of aliphatic carboxylic acids is 1. The number of aliphatic hydroxyl groups excluding tert-OH is 1. The van der Waals surface area contributed by atoms with E-state index in [-0.39, 0.29) is 31.6 Å². The van der Waals surface area contributed by atoms with Crippen molar-refractivity contribution in [1.82, 2.24) is 0 Å². The van der Waals surface area contributed by atoms with Crippen LogP contribution in [-0.2, 0) is 18.6 Å². The van der Waals surface area contributed by atoms with Crippen LogP contribution < -0.4 is 0 Å². The molecule has 0 aromatic carbocycles. The fraction of sp³-hybridized carbons (Fsp3) is 0.667. The van der Waals surface area contributed by atoms with Crippen LogP contribution in [0.5, 0.6) is 0 Å². The van der Waals surface area contributed by atoms with Gasteiger partial charge in [0.2, 0.25) is 0 Å². The molecule has 0 aliphatic heterocycles. The number of hydrogen-bond donors (Lipinski definition) is 3. The molecule has 3 N–H and O–H groups in total. The Morgan fingerprint density at radius 2 is 2.12 bits per heavy atom. The maximum Gasteiger partial charge on any atom is 0.333 e. The molecule has 17 heavy (non-hydrogen) atoms. The Labute approximate surface area is 99.2 Å². The summed E-state index contributed by atoms with van der Waals surface area (Å²) in [5.74, 6) is -1.18. The molecule has 0 aromatic heterocycles. The van der Waals surface area contributed by atoms with E-state index in [4.69, 9.17) is 14.9 Å². The molecule has 8 heteroatoms. The molecule has 100 valence electrons. The Morgan fingerprint density at radius 3 is 2.59 bits per heavy atom. The summed E-state index contributed by atoms with van der Waals surface area (Å²) in [7, 11) is -3.79. The molecule has 0 amide bonds. The van der Waals surface area contributed by atoms with Crippen LogP contribution in [0.15, 0.2) is 12.2 Å². The number of hydrogen-bond acceptors (Lipinski definition) is 5. The number of carboxylic acid groups (broad SMARTS) is 1. The van der Waals surface area contributed by atoms with Gasteiger partial charge in [-0.15, -0.1) is 0 Å². The average molecular weight is 268 g/mol. The minimum atomic E-state index is -3.79. The third-order valence-corrected chi connectivity index (χ3v) is 2.91. The predicted molar refractivity (Wildman–Crippen MR) is 59.9 cm³/mol. The van der Waals surface area contributed by atoms with E-state index >= 15 is 0 Å². The van der Waals surface area contributed by atoms with Gasteiger partial charge in [0.05, 0.1) is 37.7 Å². The minimum absolute atomic E-state index is 0.125. The first-order valence-corrected chi connectivity index (χ1v) is 6.64. The zero-order valence-electron chi connectivity index (χ0n) is 9.53. The van der Waals surface area contributed by atoms with Gasteiger partial charge in [-0.25, -0.2) is 4.79 Å². The summed E-state index contributed by atoms with van der Waals surface area (Å²) in [4.78, 5) is 19.6. The number of aliphatic hydroxyl groups is 1. The van der Waals surface area contributed by atoms with Crippen LogP contribution in [0.3, 0.4) is 0 Å². The molecule has 2 atom stereocenters. The molecule has 0 rings (SSSR count). The zero-order valence-corrected chi connectivity index (χ0v) is 10.4. The standard InChI is InChI=1S/C9H17O7P/c1-7(9(11)12)5-15-3-4-17(13,14)16-6-8(2)10/h8,10H,1,3-6H2,2H3,(H,11,12)(H,13,14). The SMILES string of the molecule is C=C(COCCP(=O)(O)OCC(C)O)C(=O)O. The molecular formula is C9H17O7P. The molecule has 0 heterocycles. The van der Waals surface area contributed by atoms with Crippen LogP contribution in [0.1, 0.15) is 6.92 Å². The van der Waals surface area contributed by atoms with Gasteiger partial charge in [-0.05, 0) is 6.92 Å². The highest BCUT2D eigenvalue weighted by molar-refractivity contribution is 7.52. The van der Waals surface area contributed by atoms with Gasteiger partial charge in [0.1, 0.15) is 0 Å². The second-order valence-electron chi connectivity index (χ2n) is 3.47. The lowest BCUT2D eigenvalue weighted by molar-refractivity contribution is -0.133.